The van der Waals surface area contributed by atoms with Crippen molar-refractivity contribution in [3.63, 3.8) is 0 Å². The molecule has 1 unspecified atom stereocenters. The van der Waals surface area contributed by atoms with Crippen LogP contribution in [0.1, 0.15) is 6.92 Å². The van der Waals surface area contributed by atoms with Gasteiger partial charge in [-0.3, -0.25) is 0 Å². The molecule has 0 aromatic carbocycles. The minimum atomic E-state index is -0.750. The molecule has 1 heterocycles. The van der Waals surface area contributed by atoms with E-state index in [4.69, 9.17) is 5.11 Å². The molecule has 1 aliphatic rings. The first-order valence-electron chi connectivity index (χ1n) is 2.60. The molecule has 0 saturated heterocycles. The van der Waals surface area contributed by atoms with Gasteiger partial charge in [-0.2, -0.15) is 0 Å². The van der Waals surface area contributed by atoms with Crippen molar-refractivity contribution in [2.45, 2.75) is 13.3 Å². The van der Waals surface area contributed by atoms with Gasteiger partial charge in [0.1, 0.15) is 6.26 Å². The minimum absolute atomic E-state index is 0.750. The fraction of sp³-hybridized carbons (Fsp3) is 0.600. The Hall–Kier alpha value is -0.700. The number of hydrogen-bond donors (Lipinski definition) is 1. The summed E-state index contributed by atoms with van der Waals surface area (Å²) < 4.78 is 4.66. The highest BCUT2D eigenvalue weighted by atomic mass is 16.6. The largest absolute Gasteiger partial charge is 0.453 e. The second-order valence-electron chi connectivity index (χ2n) is 1.58. The predicted octanol–water partition coefficient (Wildman–Crippen LogP) is 0.0856. The van der Waals surface area contributed by atoms with Crippen LogP contribution in [-0.4, -0.2) is 23.0 Å². The second kappa shape index (κ2) is 2.05. The average Bonchev–Trinajstić information content (AvgIpc) is 2.14. The Kier molecular flexibility index (Phi) is 1.39. The van der Waals surface area contributed by atoms with Gasteiger partial charge < -0.3 is 14.7 Å². The van der Waals surface area contributed by atoms with Crippen molar-refractivity contribution < 1.29 is 9.84 Å². The topological polar surface area (TPSA) is 32.7 Å². The molecule has 46 valence electrons. The van der Waals surface area contributed by atoms with Crippen LogP contribution in [-0.2, 0) is 4.74 Å². The first kappa shape index (κ1) is 5.44. The number of aliphatic hydroxyl groups is 1. The standard InChI is InChI=1S/C5H9NO2/c1-2-6-3-4-8-5(6)7/h3-5,7H,2H2,1H3. The molecule has 0 radical (unpaired) electrons. The Morgan fingerprint density at radius 1 is 1.88 bits per heavy atom. The van der Waals surface area contributed by atoms with Gasteiger partial charge in [0.15, 0.2) is 0 Å². The van der Waals surface area contributed by atoms with Gasteiger partial charge >= 0.3 is 0 Å². The van der Waals surface area contributed by atoms with Crippen molar-refractivity contribution in [1.82, 2.24) is 4.90 Å². The van der Waals surface area contributed by atoms with Gasteiger partial charge in [-0.15, -0.1) is 0 Å². The van der Waals surface area contributed by atoms with Crippen LogP contribution in [0.25, 0.3) is 0 Å². The molecule has 1 N–H and O–H groups in total. The first-order chi connectivity index (χ1) is 3.84. The number of nitrogens with zero attached hydrogens (tertiary/aromatic N) is 1. The predicted molar refractivity (Wildman–Crippen MR) is 28.6 cm³/mol. The smallest absolute Gasteiger partial charge is 0.280 e. The van der Waals surface area contributed by atoms with E-state index in [9.17, 15) is 0 Å². The number of hydrogen-bond acceptors (Lipinski definition) is 3. The van der Waals surface area contributed by atoms with Crippen molar-refractivity contribution in [3.05, 3.63) is 12.5 Å². The van der Waals surface area contributed by atoms with E-state index >= 15 is 0 Å². The molecule has 1 atom stereocenters. The van der Waals surface area contributed by atoms with Crippen molar-refractivity contribution >= 4 is 0 Å². The summed E-state index contributed by atoms with van der Waals surface area (Å²) in [6.45, 7) is 2.72. The zero-order chi connectivity index (χ0) is 5.98. The van der Waals surface area contributed by atoms with Crippen LogP contribution in [0.15, 0.2) is 12.5 Å². The lowest BCUT2D eigenvalue weighted by Crippen LogP contribution is -2.26. The molecule has 0 saturated carbocycles. The van der Waals surface area contributed by atoms with Gasteiger partial charge in [-0.05, 0) is 6.92 Å². The molecule has 0 amide bonds. The third-order valence-electron chi connectivity index (χ3n) is 1.10. The van der Waals surface area contributed by atoms with Crippen LogP contribution in [0.4, 0.5) is 0 Å². The number of ether oxygens (including phenoxy) is 1. The van der Waals surface area contributed by atoms with Crippen LogP contribution in [0, 0.1) is 0 Å². The SMILES string of the molecule is CCN1C=COC1O. The molecular weight excluding hydrogens is 106 g/mol. The third kappa shape index (κ3) is 0.767. The number of rotatable bonds is 1. The van der Waals surface area contributed by atoms with Crippen LogP contribution in [0.3, 0.4) is 0 Å². The van der Waals surface area contributed by atoms with E-state index in [2.05, 4.69) is 4.74 Å². The number of aliphatic hydroxyl groups excluding tert-OH is 1. The molecule has 3 heteroatoms. The maximum atomic E-state index is 8.83. The zero-order valence-corrected chi connectivity index (χ0v) is 4.74. The van der Waals surface area contributed by atoms with Gasteiger partial charge in [0.25, 0.3) is 6.41 Å². The normalized spacial score (nSPS) is 26.2. The average molecular weight is 115 g/mol. The van der Waals surface area contributed by atoms with Gasteiger partial charge in [-0.1, -0.05) is 0 Å². The van der Waals surface area contributed by atoms with Gasteiger partial charge in [0.2, 0.25) is 0 Å². The summed E-state index contributed by atoms with van der Waals surface area (Å²) in [5, 5.41) is 8.83. The molecule has 0 fully saturated rings. The summed E-state index contributed by atoms with van der Waals surface area (Å²) in [5.41, 5.74) is 0. The molecule has 0 aliphatic carbocycles. The Bertz CT molecular complexity index is 103. The lowest BCUT2D eigenvalue weighted by molar-refractivity contribution is -0.117. The van der Waals surface area contributed by atoms with E-state index in [0.29, 0.717) is 0 Å². The highest BCUT2D eigenvalue weighted by Crippen LogP contribution is 2.05. The van der Waals surface area contributed by atoms with Crippen molar-refractivity contribution in [2.75, 3.05) is 6.54 Å². The van der Waals surface area contributed by atoms with Gasteiger partial charge in [0, 0.05) is 12.7 Å². The minimum Gasteiger partial charge on any atom is -0.453 e. The van der Waals surface area contributed by atoms with E-state index in [0.717, 1.165) is 6.54 Å². The van der Waals surface area contributed by atoms with E-state index in [-0.39, 0.29) is 0 Å². The monoisotopic (exact) mass is 115 g/mol. The summed E-state index contributed by atoms with van der Waals surface area (Å²) in [5.74, 6) is 0. The molecular formula is C5H9NO2. The lowest BCUT2D eigenvalue weighted by Gasteiger charge is -2.15. The molecule has 0 aromatic heterocycles. The first-order valence-corrected chi connectivity index (χ1v) is 2.60. The Morgan fingerprint density at radius 3 is 2.88 bits per heavy atom. The van der Waals surface area contributed by atoms with E-state index in [1.807, 2.05) is 6.92 Å². The van der Waals surface area contributed by atoms with Crippen LogP contribution in [0.5, 0.6) is 0 Å². The molecule has 0 bridgehead atoms. The third-order valence-corrected chi connectivity index (χ3v) is 1.10. The lowest BCUT2D eigenvalue weighted by atomic mass is 10.6. The summed E-state index contributed by atoms with van der Waals surface area (Å²) in [6, 6.07) is 0. The maximum Gasteiger partial charge on any atom is 0.280 e. The van der Waals surface area contributed by atoms with E-state index in [1.165, 1.54) is 6.26 Å². The van der Waals surface area contributed by atoms with Crippen molar-refractivity contribution in [3.8, 4) is 0 Å². The highest BCUT2D eigenvalue weighted by molar-refractivity contribution is 4.80. The quantitative estimate of drug-likeness (QED) is 0.525. The summed E-state index contributed by atoms with van der Waals surface area (Å²) in [6.07, 6.45) is 2.44. The molecule has 3 nitrogen and oxygen atoms in total. The Balaban J connectivity index is 2.41. The Morgan fingerprint density at radius 2 is 2.62 bits per heavy atom. The zero-order valence-electron chi connectivity index (χ0n) is 4.74. The summed E-state index contributed by atoms with van der Waals surface area (Å²) in [7, 11) is 0. The van der Waals surface area contributed by atoms with Crippen molar-refractivity contribution in [1.29, 1.82) is 0 Å². The van der Waals surface area contributed by atoms with Crippen LogP contribution >= 0.6 is 0 Å². The fourth-order valence-electron chi connectivity index (χ4n) is 0.597. The van der Waals surface area contributed by atoms with E-state index < -0.39 is 6.41 Å². The molecule has 0 spiro atoms. The fourth-order valence-corrected chi connectivity index (χ4v) is 0.597. The van der Waals surface area contributed by atoms with Crippen molar-refractivity contribution in [2.24, 2.45) is 0 Å². The molecule has 8 heavy (non-hydrogen) atoms. The highest BCUT2D eigenvalue weighted by Gasteiger charge is 2.13. The molecule has 0 aromatic rings. The van der Waals surface area contributed by atoms with Crippen LogP contribution in [0.2, 0.25) is 0 Å². The molecule has 1 rings (SSSR count). The molecule has 1 aliphatic heterocycles. The van der Waals surface area contributed by atoms with Gasteiger partial charge in [-0.25, -0.2) is 0 Å². The van der Waals surface area contributed by atoms with Crippen LogP contribution < -0.4 is 0 Å². The second-order valence-corrected chi connectivity index (χ2v) is 1.58. The maximum absolute atomic E-state index is 8.83. The summed E-state index contributed by atoms with van der Waals surface area (Å²) in [4.78, 5) is 1.68. The van der Waals surface area contributed by atoms with E-state index in [1.54, 1.807) is 11.1 Å². The summed E-state index contributed by atoms with van der Waals surface area (Å²) >= 11 is 0. The Labute approximate surface area is 48.2 Å². The van der Waals surface area contributed by atoms with Gasteiger partial charge in [0.05, 0.1) is 0 Å².